The number of hydrogen-bond acceptors (Lipinski definition) is 3. The molecule has 17 heavy (non-hydrogen) atoms. The van der Waals surface area contributed by atoms with E-state index in [2.05, 4.69) is 0 Å². The first-order valence-electron chi connectivity index (χ1n) is 5.74. The second kappa shape index (κ2) is 4.75. The highest BCUT2D eigenvalue weighted by Gasteiger charge is 2.27. The molecule has 1 fully saturated rings. The number of methoxy groups -OCH3 is 1. The van der Waals surface area contributed by atoms with Crippen LogP contribution in [-0.4, -0.2) is 42.2 Å². The number of hydrogen-bond donors (Lipinski definition) is 1. The molecule has 0 saturated carbocycles. The number of carbonyl (C=O) groups excluding carboxylic acids is 1. The molecular weight excluding hydrogens is 218 g/mol. The summed E-state index contributed by atoms with van der Waals surface area (Å²) in [5.41, 5.74) is 1.21. The van der Waals surface area contributed by atoms with Gasteiger partial charge in [0.1, 0.15) is 5.75 Å². The van der Waals surface area contributed by atoms with Gasteiger partial charge in [-0.3, -0.25) is 4.79 Å². The highest BCUT2D eigenvalue weighted by molar-refractivity contribution is 5.96. The summed E-state index contributed by atoms with van der Waals surface area (Å²) in [6.45, 7) is 3.10. The van der Waals surface area contributed by atoms with Crippen molar-refractivity contribution in [2.24, 2.45) is 0 Å². The van der Waals surface area contributed by atoms with Crippen LogP contribution in [0.25, 0.3) is 0 Å². The predicted octanol–water partition coefficient (Wildman–Crippen LogP) is 1.56. The molecule has 1 aromatic carbocycles. The van der Waals surface area contributed by atoms with Crippen molar-refractivity contribution in [3.05, 3.63) is 29.3 Å². The third-order valence-electron chi connectivity index (χ3n) is 3.30. The maximum absolute atomic E-state index is 12.2. The van der Waals surface area contributed by atoms with Crippen LogP contribution in [0.5, 0.6) is 5.75 Å². The van der Waals surface area contributed by atoms with Crippen molar-refractivity contribution >= 4 is 5.91 Å². The molecule has 1 aliphatic rings. The van der Waals surface area contributed by atoms with Gasteiger partial charge in [0, 0.05) is 31.3 Å². The summed E-state index contributed by atoms with van der Waals surface area (Å²) in [6, 6.07) is 5.03. The van der Waals surface area contributed by atoms with Crippen LogP contribution in [0.4, 0.5) is 0 Å². The summed E-state index contributed by atoms with van der Waals surface area (Å²) in [5.74, 6) is 0.135. The summed E-state index contributed by atoms with van der Waals surface area (Å²) in [4.78, 5) is 14.0. The molecule has 4 nitrogen and oxygen atoms in total. The maximum Gasteiger partial charge on any atom is 0.254 e. The Morgan fingerprint density at radius 1 is 1.53 bits per heavy atom. The van der Waals surface area contributed by atoms with Crippen molar-refractivity contribution in [1.29, 1.82) is 0 Å². The van der Waals surface area contributed by atoms with Crippen LogP contribution >= 0.6 is 0 Å². The van der Waals surface area contributed by atoms with Crippen molar-refractivity contribution in [2.75, 3.05) is 20.2 Å². The summed E-state index contributed by atoms with van der Waals surface area (Å²) < 4.78 is 5.24. The van der Waals surface area contributed by atoms with Gasteiger partial charge in [-0.15, -0.1) is 0 Å². The third kappa shape index (κ3) is 2.26. The Morgan fingerprint density at radius 3 is 2.94 bits per heavy atom. The topological polar surface area (TPSA) is 49.8 Å². The number of aromatic hydroxyl groups is 1. The normalized spacial score (nSPS) is 19.6. The summed E-state index contributed by atoms with van der Waals surface area (Å²) in [6.07, 6.45) is 1.01. The highest BCUT2D eigenvalue weighted by atomic mass is 16.5. The number of phenolic OH excluding ortho intramolecular Hbond substituents is 1. The van der Waals surface area contributed by atoms with Crippen LogP contribution in [0.3, 0.4) is 0 Å². The fourth-order valence-electron chi connectivity index (χ4n) is 2.13. The lowest BCUT2D eigenvalue weighted by molar-refractivity contribution is 0.0723. The van der Waals surface area contributed by atoms with E-state index in [0.29, 0.717) is 24.2 Å². The van der Waals surface area contributed by atoms with Crippen LogP contribution in [0.1, 0.15) is 22.3 Å². The Balaban J connectivity index is 2.18. The lowest BCUT2D eigenvalue weighted by atomic mass is 10.1. The fraction of sp³-hybridized carbons (Fsp3) is 0.462. The van der Waals surface area contributed by atoms with Crippen LogP contribution in [-0.2, 0) is 4.74 Å². The largest absolute Gasteiger partial charge is 0.508 e. The van der Waals surface area contributed by atoms with Crippen molar-refractivity contribution < 1.29 is 14.6 Å². The van der Waals surface area contributed by atoms with Gasteiger partial charge in [0.05, 0.1) is 6.10 Å². The average molecular weight is 235 g/mol. The van der Waals surface area contributed by atoms with Gasteiger partial charge in [0.2, 0.25) is 0 Å². The molecule has 1 amide bonds. The molecule has 1 atom stereocenters. The van der Waals surface area contributed by atoms with Gasteiger partial charge in [-0.25, -0.2) is 0 Å². The number of phenols is 1. The average Bonchev–Trinajstić information content (AvgIpc) is 2.80. The minimum Gasteiger partial charge on any atom is -0.508 e. The van der Waals surface area contributed by atoms with Gasteiger partial charge < -0.3 is 14.7 Å². The fourth-order valence-corrected chi connectivity index (χ4v) is 2.13. The van der Waals surface area contributed by atoms with Crippen molar-refractivity contribution in [3.63, 3.8) is 0 Å². The van der Waals surface area contributed by atoms with Gasteiger partial charge >= 0.3 is 0 Å². The van der Waals surface area contributed by atoms with E-state index in [1.807, 2.05) is 0 Å². The van der Waals surface area contributed by atoms with Crippen LogP contribution in [0.2, 0.25) is 0 Å². The summed E-state index contributed by atoms with van der Waals surface area (Å²) in [5, 5.41) is 9.59. The number of rotatable bonds is 2. The Morgan fingerprint density at radius 2 is 2.29 bits per heavy atom. The molecule has 1 saturated heterocycles. The molecule has 2 rings (SSSR count). The van der Waals surface area contributed by atoms with E-state index in [0.717, 1.165) is 6.42 Å². The van der Waals surface area contributed by atoms with Gasteiger partial charge in [0.25, 0.3) is 5.91 Å². The van der Waals surface area contributed by atoms with Gasteiger partial charge in [0.15, 0.2) is 0 Å². The molecule has 0 aromatic heterocycles. The molecule has 1 N–H and O–H groups in total. The smallest absolute Gasteiger partial charge is 0.254 e. The van der Waals surface area contributed by atoms with E-state index in [1.165, 1.54) is 0 Å². The van der Waals surface area contributed by atoms with E-state index in [9.17, 15) is 9.90 Å². The lowest BCUT2D eigenvalue weighted by Crippen LogP contribution is -2.30. The third-order valence-corrected chi connectivity index (χ3v) is 3.30. The van der Waals surface area contributed by atoms with E-state index in [4.69, 9.17) is 4.74 Å². The highest BCUT2D eigenvalue weighted by Crippen LogP contribution is 2.23. The first-order valence-corrected chi connectivity index (χ1v) is 5.74. The molecule has 1 aliphatic heterocycles. The number of amides is 1. The van der Waals surface area contributed by atoms with Crippen molar-refractivity contribution in [2.45, 2.75) is 19.4 Å². The van der Waals surface area contributed by atoms with E-state index in [-0.39, 0.29) is 17.8 Å². The molecule has 1 aromatic rings. The zero-order valence-electron chi connectivity index (χ0n) is 10.1. The zero-order valence-corrected chi connectivity index (χ0v) is 10.1. The Bertz CT molecular complexity index is 431. The van der Waals surface area contributed by atoms with Crippen molar-refractivity contribution in [3.8, 4) is 5.75 Å². The monoisotopic (exact) mass is 235 g/mol. The molecule has 92 valence electrons. The minimum absolute atomic E-state index is 0.0297. The Kier molecular flexibility index (Phi) is 3.33. The SMILES string of the molecule is COC1CCN(C(=O)c2cccc(O)c2C)C1. The van der Waals surface area contributed by atoms with Crippen LogP contribution in [0.15, 0.2) is 18.2 Å². The molecule has 1 heterocycles. The maximum atomic E-state index is 12.2. The Labute approximate surface area is 101 Å². The minimum atomic E-state index is -0.0297. The zero-order chi connectivity index (χ0) is 12.4. The second-order valence-electron chi connectivity index (χ2n) is 4.35. The Hall–Kier alpha value is -1.55. The standard InChI is InChI=1S/C13H17NO3/c1-9-11(4-3-5-12(9)15)13(16)14-7-6-10(8-14)17-2/h3-5,10,15H,6-8H2,1-2H3. The van der Waals surface area contributed by atoms with Gasteiger partial charge in [-0.2, -0.15) is 0 Å². The van der Waals surface area contributed by atoms with Crippen LogP contribution < -0.4 is 0 Å². The summed E-state index contributed by atoms with van der Waals surface area (Å²) >= 11 is 0. The van der Waals surface area contributed by atoms with Gasteiger partial charge in [-0.1, -0.05) is 6.07 Å². The number of likely N-dealkylation sites (tertiary alicyclic amines) is 1. The predicted molar refractivity (Wildman–Crippen MR) is 64.2 cm³/mol. The number of nitrogens with zero attached hydrogens (tertiary/aromatic N) is 1. The molecule has 1 unspecified atom stereocenters. The first kappa shape index (κ1) is 11.9. The van der Waals surface area contributed by atoms with E-state index < -0.39 is 0 Å². The second-order valence-corrected chi connectivity index (χ2v) is 4.35. The van der Waals surface area contributed by atoms with E-state index in [1.54, 1.807) is 37.1 Å². The van der Waals surface area contributed by atoms with Crippen molar-refractivity contribution in [1.82, 2.24) is 4.90 Å². The quantitative estimate of drug-likeness (QED) is 0.846. The molecule has 0 radical (unpaired) electrons. The van der Waals surface area contributed by atoms with Gasteiger partial charge in [-0.05, 0) is 25.5 Å². The lowest BCUT2D eigenvalue weighted by Gasteiger charge is -2.17. The number of benzene rings is 1. The number of ether oxygens (including phenoxy) is 1. The molecule has 0 bridgehead atoms. The molecule has 0 spiro atoms. The summed E-state index contributed by atoms with van der Waals surface area (Å²) in [7, 11) is 1.66. The molecular formula is C13H17NO3. The number of carbonyl (C=O) groups is 1. The molecule has 0 aliphatic carbocycles. The first-order chi connectivity index (χ1) is 8.13. The van der Waals surface area contributed by atoms with Crippen LogP contribution in [0, 0.1) is 6.92 Å². The van der Waals surface area contributed by atoms with E-state index >= 15 is 0 Å². The molecule has 4 heteroatoms.